The molecule has 1 aromatic rings. The fourth-order valence-electron chi connectivity index (χ4n) is 3.09. The van der Waals surface area contributed by atoms with E-state index in [1.54, 1.807) is 12.1 Å². The maximum atomic E-state index is 13.0. The van der Waals surface area contributed by atoms with Crippen LogP contribution in [-0.4, -0.2) is 6.54 Å². The van der Waals surface area contributed by atoms with Gasteiger partial charge in [-0.1, -0.05) is 44.7 Å². The Labute approximate surface area is 110 Å². The van der Waals surface area contributed by atoms with Crippen molar-refractivity contribution in [1.82, 2.24) is 5.32 Å². The third kappa shape index (κ3) is 3.55. The monoisotopic (exact) mass is 249 g/mol. The first-order valence-electron chi connectivity index (χ1n) is 7.30. The normalized spacial score (nSPS) is 19.4. The summed E-state index contributed by atoms with van der Waals surface area (Å²) in [6.07, 6.45) is 8.03. The maximum absolute atomic E-state index is 13.0. The fourth-order valence-corrected chi connectivity index (χ4v) is 3.09. The molecule has 1 atom stereocenters. The molecule has 0 saturated heterocycles. The van der Waals surface area contributed by atoms with Crippen molar-refractivity contribution in [2.75, 3.05) is 6.54 Å². The number of halogens is 1. The Bertz CT molecular complexity index is 339. The topological polar surface area (TPSA) is 12.0 Å². The van der Waals surface area contributed by atoms with Crippen LogP contribution < -0.4 is 5.32 Å². The molecule has 0 radical (unpaired) electrons. The highest BCUT2D eigenvalue weighted by molar-refractivity contribution is 5.20. The van der Waals surface area contributed by atoms with Crippen molar-refractivity contribution in [1.29, 1.82) is 0 Å². The minimum atomic E-state index is -0.144. The van der Waals surface area contributed by atoms with Gasteiger partial charge in [-0.25, -0.2) is 4.39 Å². The minimum Gasteiger partial charge on any atom is -0.310 e. The van der Waals surface area contributed by atoms with Crippen LogP contribution in [0.15, 0.2) is 24.3 Å². The molecule has 0 aliphatic heterocycles. The molecule has 100 valence electrons. The average molecular weight is 249 g/mol. The number of benzene rings is 1. The predicted molar refractivity (Wildman–Crippen MR) is 74.0 cm³/mol. The first-order valence-corrected chi connectivity index (χ1v) is 7.30. The molecule has 1 saturated carbocycles. The van der Waals surface area contributed by atoms with Crippen molar-refractivity contribution in [3.63, 3.8) is 0 Å². The lowest BCUT2D eigenvalue weighted by atomic mass is 9.87. The summed E-state index contributed by atoms with van der Waals surface area (Å²) in [5, 5.41) is 3.59. The second-order valence-electron chi connectivity index (χ2n) is 5.34. The highest BCUT2D eigenvalue weighted by atomic mass is 19.1. The molecule has 1 nitrogen and oxygen atoms in total. The summed E-state index contributed by atoms with van der Waals surface area (Å²) in [6.45, 7) is 3.12. The molecule has 0 spiro atoms. The fraction of sp³-hybridized carbons (Fsp3) is 0.625. The summed E-state index contributed by atoms with van der Waals surface area (Å²) >= 11 is 0. The largest absolute Gasteiger partial charge is 0.310 e. The van der Waals surface area contributed by atoms with Crippen LogP contribution >= 0.6 is 0 Å². The van der Waals surface area contributed by atoms with E-state index in [0.717, 1.165) is 6.54 Å². The molecule has 2 heteroatoms. The van der Waals surface area contributed by atoms with Crippen LogP contribution in [0.3, 0.4) is 0 Å². The summed E-state index contributed by atoms with van der Waals surface area (Å²) in [4.78, 5) is 0. The van der Waals surface area contributed by atoms with E-state index in [0.29, 0.717) is 12.0 Å². The van der Waals surface area contributed by atoms with Gasteiger partial charge in [-0.05, 0) is 43.0 Å². The molecule has 0 amide bonds. The summed E-state index contributed by atoms with van der Waals surface area (Å²) in [5.74, 6) is 0.563. The van der Waals surface area contributed by atoms with Crippen molar-refractivity contribution < 1.29 is 4.39 Å². The Morgan fingerprint density at radius 3 is 2.28 bits per heavy atom. The highest BCUT2D eigenvalue weighted by Crippen LogP contribution is 2.33. The second-order valence-corrected chi connectivity index (χ2v) is 5.34. The second kappa shape index (κ2) is 6.89. The van der Waals surface area contributed by atoms with Crippen LogP contribution in [0.5, 0.6) is 0 Å². The molecule has 1 aromatic carbocycles. The van der Waals surface area contributed by atoms with Gasteiger partial charge < -0.3 is 5.32 Å². The van der Waals surface area contributed by atoms with Crippen molar-refractivity contribution in [3.8, 4) is 0 Å². The van der Waals surface area contributed by atoms with Gasteiger partial charge >= 0.3 is 0 Å². The molecule has 2 rings (SSSR count). The Kier molecular flexibility index (Phi) is 5.18. The van der Waals surface area contributed by atoms with Gasteiger partial charge in [-0.2, -0.15) is 0 Å². The first-order chi connectivity index (χ1) is 8.81. The van der Waals surface area contributed by atoms with Gasteiger partial charge in [0.05, 0.1) is 0 Å². The Balaban J connectivity index is 2.12. The van der Waals surface area contributed by atoms with Crippen LogP contribution in [0, 0.1) is 11.7 Å². The van der Waals surface area contributed by atoms with Gasteiger partial charge in [0, 0.05) is 6.04 Å². The molecule has 0 bridgehead atoms. The number of hydrogen-bond acceptors (Lipinski definition) is 1. The van der Waals surface area contributed by atoms with Crippen LogP contribution in [0.1, 0.15) is 57.1 Å². The Morgan fingerprint density at radius 1 is 1.11 bits per heavy atom. The summed E-state index contributed by atoms with van der Waals surface area (Å²) in [6, 6.07) is 7.43. The Morgan fingerprint density at radius 2 is 1.72 bits per heavy atom. The zero-order chi connectivity index (χ0) is 12.8. The zero-order valence-corrected chi connectivity index (χ0v) is 11.3. The lowest BCUT2D eigenvalue weighted by Crippen LogP contribution is -2.28. The molecule has 1 unspecified atom stereocenters. The van der Waals surface area contributed by atoms with Gasteiger partial charge in [-0.3, -0.25) is 0 Å². The predicted octanol–water partition coefficient (Wildman–Crippen LogP) is 4.45. The van der Waals surface area contributed by atoms with E-state index in [-0.39, 0.29) is 5.82 Å². The van der Waals surface area contributed by atoms with E-state index in [2.05, 4.69) is 12.2 Å². The summed E-state index contributed by atoms with van der Waals surface area (Å²) in [5.41, 5.74) is 1.24. The van der Waals surface area contributed by atoms with Crippen LogP contribution in [0.4, 0.5) is 4.39 Å². The van der Waals surface area contributed by atoms with Crippen LogP contribution in [-0.2, 0) is 0 Å². The molecule has 0 aromatic heterocycles. The lowest BCUT2D eigenvalue weighted by Gasteiger charge is -2.27. The molecular formula is C16H24FN. The smallest absolute Gasteiger partial charge is 0.123 e. The van der Waals surface area contributed by atoms with Crippen molar-refractivity contribution in [3.05, 3.63) is 35.6 Å². The van der Waals surface area contributed by atoms with Crippen LogP contribution in [0.2, 0.25) is 0 Å². The highest BCUT2D eigenvalue weighted by Gasteiger charge is 2.23. The SMILES string of the molecule is CCNC(c1ccc(F)cc1)C1CCCCCC1. The molecular weight excluding hydrogens is 225 g/mol. The molecule has 1 aliphatic carbocycles. The minimum absolute atomic E-state index is 0.144. The molecule has 0 heterocycles. The van der Waals surface area contributed by atoms with E-state index in [4.69, 9.17) is 0 Å². The van der Waals surface area contributed by atoms with E-state index < -0.39 is 0 Å². The van der Waals surface area contributed by atoms with Crippen molar-refractivity contribution in [2.24, 2.45) is 5.92 Å². The third-order valence-electron chi connectivity index (χ3n) is 4.02. The van der Waals surface area contributed by atoms with Gasteiger partial charge in [0.2, 0.25) is 0 Å². The molecule has 1 fully saturated rings. The summed E-state index contributed by atoms with van der Waals surface area (Å²) in [7, 11) is 0. The molecule has 18 heavy (non-hydrogen) atoms. The van der Waals surface area contributed by atoms with E-state index in [1.165, 1.54) is 44.1 Å². The van der Waals surface area contributed by atoms with Gasteiger partial charge in [0.1, 0.15) is 5.82 Å². The van der Waals surface area contributed by atoms with Gasteiger partial charge in [-0.15, -0.1) is 0 Å². The number of nitrogens with one attached hydrogen (secondary N) is 1. The summed E-state index contributed by atoms with van der Waals surface area (Å²) < 4.78 is 13.0. The van der Waals surface area contributed by atoms with Crippen molar-refractivity contribution in [2.45, 2.75) is 51.5 Å². The Hall–Kier alpha value is -0.890. The zero-order valence-electron chi connectivity index (χ0n) is 11.3. The number of rotatable bonds is 4. The third-order valence-corrected chi connectivity index (χ3v) is 4.02. The maximum Gasteiger partial charge on any atom is 0.123 e. The van der Waals surface area contributed by atoms with Gasteiger partial charge in [0.25, 0.3) is 0 Å². The lowest BCUT2D eigenvalue weighted by molar-refractivity contribution is 0.330. The van der Waals surface area contributed by atoms with E-state index >= 15 is 0 Å². The molecule has 1 N–H and O–H groups in total. The quantitative estimate of drug-likeness (QED) is 0.777. The van der Waals surface area contributed by atoms with E-state index in [9.17, 15) is 4.39 Å². The standard InChI is InChI=1S/C16H24FN/c1-2-18-16(13-7-5-3-4-6-8-13)14-9-11-15(17)12-10-14/h9-13,16,18H,2-8H2,1H3. The van der Waals surface area contributed by atoms with Crippen molar-refractivity contribution >= 4 is 0 Å². The first kappa shape index (κ1) is 13.5. The van der Waals surface area contributed by atoms with Crippen LogP contribution in [0.25, 0.3) is 0 Å². The molecule has 1 aliphatic rings. The number of hydrogen-bond donors (Lipinski definition) is 1. The van der Waals surface area contributed by atoms with Gasteiger partial charge in [0.15, 0.2) is 0 Å². The average Bonchev–Trinajstić information content (AvgIpc) is 2.66. The van der Waals surface area contributed by atoms with E-state index in [1.807, 2.05) is 12.1 Å².